The van der Waals surface area contributed by atoms with E-state index in [1.165, 1.54) is 5.56 Å². The molecule has 3 nitrogen and oxygen atoms in total. The van der Waals surface area contributed by atoms with E-state index in [0.29, 0.717) is 16.7 Å². The van der Waals surface area contributed by atoms with Crippen molar-refractivity contribution in [3.63, 3.8) is 0 Å². The summed E-state index contributed by atoms with van der Waals surface area (Å²) in [5.74, 6) is 1.05. The van der Waals surface area contributed by atoms with Gasteiger partial charge >= 0.3 is 0 Å². The molecule has 0 radical (unpaired) electrons. The monoisotopic (exact) mass is 345 g/mol. The van der Waals surface area contributed by atoms with E-state index in [0.717, 1.165) is 23.2 Å². The maximum Gasteiger partial charge on any atom is 0.262 e. The van der Waals surface area contributed by atoms with E-state index in [2.05, 4.69) is 31.3 Å². The van der Waals surface area contributed by atoms with Crippen LogP contribution >= 0.6 is 11.6 Å². The van der Waals surface area contributed by atoms with Gasteiger partial charge in [0.05, 0.1) is 0 Å². The van der Waals surface area contributed by atoms with Gasteiger partial charge in [0, 0.05) is 10.7 Å². The summed E-state index contributed by atoms with van der Waals surface area (Å²) in [6.07, 6.45) is 1.10. The van der Waals surface area contributed by atoms with Crippen LogP contribution in [-0.4, -0.2) is 12.5 Å². The first-order valence-electron chi connectivity index (χ1n) is 8.20. The first kappa shape index (κ1) is 18.3. The minimum Gasteiger partial charge on any atom is -0.483 e. The number of amides is 1. The molecule has 4 heteroatoms. The molecule has 0 unspecified atom stereocenters. The van der Waals surface area contributed by atoms with Gasteiger partial charge < -0.3 is 10.1 Å². The Kier molecular flexibility index (Phi) is 6.27. The second kappa shape index (κ2) is 8.20. The Hall–Kier alpha value is -2.00. The average Bonchev–Trinajstić information content (AvgIpc) is 2.53. The third-order valence-electron chi connectivity index (χ3n) is 4.15. The zero-order chi connectivity index (χ0) is 17.7. The van der Waals surface area contributed by atoms with Gasteiger partial charge in [-0.15, -0.1) is 0 Å². The minimum atomic E-state index is -0.181. The van der Waals surface area contributed by atoms with Crippen LogP contribution in [-0.2, 0) is 4.79 Å². The van der Waals surface area contributed by atoms with Crippen molar-refractivity contribution in [3.8, 4) is 5.75 Å². The highest BCUT2D eigenvalue weighted by Crippen LogP contribution is 2.27. The van der Waals surface area contributed by atoms with E-state index < -0.39 is 0 Å². The van der Waals surface area contributed by atoms with E-state index >= 15 is 0 Å². The number of anilines is 1. The molecule has 0 fully saturated rings. The number of ether oxygens (including phenoxy) is 1. The Balaban J connectivity index is 1.94. The molecule has 128 valence electrons. The predicted octanol–water partition coefficient (Wildman–Crippen LogP) is 5.49. The summed E-state index contributed by atoms with van der Waals surface area (Å²) in [4.78, 5) is 12.1. The van der Waals surface area contributed by atoms with Crippen LogP contribution in [0.3, 0.4) is 0 Å². The third-order valence-corrected chi connectivity index (χ3v) is 4.37. The van der Waals surface area contributed by atoms with Gasteiger partial charge in [-0.1, -0.05) is 37.6 Å². The maximum absolute atomic E-state index is 12.1. The highest BCUT2D eigenvalue weighted by Gasteiger charge is 2.09. The van der Waals surface area contributed by atoms with Crippen molar-refractivity contribution in [1.29, 1.82) is 0 Å². The maximum atomic E-state index is 12.1. The molecule has 1 amide bonds. The third kappa shape index (κ3) is 4.75. The summed E-state index contributed by atoms with van der Waals surface area (Å²) >= 11 is 6.00. The highest BCUT2D eigenvalue weighted by atomic mass is 35.5. The van der Waals surface area contributed by atoms with Crippen LogP contribution in [0.5, 0.6) is 5.75 Å². The van der Waals surface area contributed by atoms with Crippen LogP contribution in [0.4, 0.5) is 5.69 Å². The number of carbonyl (C=O) groups is 1. The van der Waals surface area contributed by atoms with E-state index in [9.17, 15) is 4.79 Å². The number of hydrogen-bond acceptors (Lipinski definition) is 2. The summed E-state index contributed by atoms with van der Waals surface area (Å²) in [7, 11) is 0. The van der Waals surface area contributed by atoms with Crippen molar-refractivity contribution in [2.75, 3.05) is 11.9 Å². The Morgan fingerprint density at radius 3 is 2.29 bits per heavy atom. The molecule has 0 spiro atoms. The number of hydrogen-bond donors (Lipinski definition) is 1. The minimum absolute atomic E-state index is 0.0313. The normalized spacial score (nSPS) is 11.9. The van der Waals surface area contributed by atoms with Crippen molar-refractivity contribution in [2.24, 2.45) is 0 Å². The van der Waals surface area contributed by atoms with Gasteiger partial charge in [0.15, 0.2) is 6.61 Å². The predicted molar refractivity (Wildman–Crippen MR) is 100 cm³/mol. The zero-order valence-electron chi connectivity index (χ0n) is 14.7. The molecule has 1 N–H and O–H groups in total. The smallest absolute Gasteiger partial charge is 0.262 e. The van der Waals surface area contributed by atoms with Crippen molar-refractivity contribution < 1.29 is 9.53 Å². The molecular formula is C20H24ClNO2. The van der Waals surface area contributed by atoms with Gasteiger partial charge in [-0.25, -0.2) is 0 Å². The summed E-state index contributed by atoms with van der Waals surface area (Å²) in [5, 5.41) is 3.53. The van der Waals surface area contributed by atoms with Gasteiger partial charge in [0.1, 0.15) is 5.75 Å². The molecule has 2 aromatic rings. The molecule has 2 rings (SSSR count). The number of carbonyl (C=O) groups excluding carboxylic acids is 1. The molecule has 1 atom stereocenters. The van der Waals surface area contributed by atoms with Crippen LogP contribution in [0.25, 0.3) is 0 Å². The topological polar surface area (TPSA) is 38.3 Å². The van der Waals surface area contributed by atoms with Gasteiger partial charge in [-0.2, -0.15) is 0 Å². The standard InChI is InChI=1S/C20H24ClNO2/c1-5-13(2)16-6-8-18(9-7-16)22-19(23)12-24-20-14(3)10-17(21)11-15(20)4/h6-11,13H,5,12H2,1-4H3,(H,22,23)/t13-/m1/s1. The van der Waals surface area contributed by atoms with E-state index in [1.54, 1.807) is 0 Å². The lowest BCUT2D eigenvalue weighted by Gasteiger charge is -2.13. The van der Waals surface area contributed by atoms with Crippen molar-refractivity contribution in [2.45, 2.75) is 40.0 Å². The molecule has 0 aliphatic rings. The van der Waals surface area contributed by atoms with Gasteiger partial charge in [0.2, 0.25) is 0 Å². The Morgan fingerprint density at radius 2 is 1.75 bits per heavy atom. The molecule has 0 heterocycles. The van der Waals surface area contributed by atoms with E-state index in [1.807, 2.05) is 38.1 Å². The van der Waals surface area contributed by atoms with Crippen molar-refractivity contribution in [3.05, 3.63) is 58.1 Å². The molecule has 0 saturated carbocycles. The molecule has 0 aliphatic carbocycles. The quantitative estimate of drug-likeness (QED) is 0.752. The lowest BCUT2D eigenvalue weighted by Crippen LogP contribution is -2.20. The highest BCUT2D eigenvalue weighted by molar-refractivity contribution is 6.30. The molecule has 0 bridgehead atoms. The van der Waals surface area contributed by atoms with Crippen LogP contribution in [0.15, 0.2) is 36.4 Å². The molecule has 0 aliphatic heterocycles. The van der Waals surface area contributed by atoms with Crippen LogP contribution in [0.1, 0.15) is 42.9 Å². The molecule has 0 aromatic heterocycles. The van der Waals surface area contributed by atoms with Gasteiger partial charge in [-0.05, 0) is 67.1 Å². The average molecular weight is 346 g/mol. The molecular weight excluding hydrogens is 322 g/mol. The molecule has 0 saturated heterocycles. The molecule has 2 aromatic carbocycles. The summed E-state index contributed by atoms with van der Waals surface area (Å²) in [5.41, 5.74) is 3.90. The van der Waals surface area contributed by atoms with Crippen LogP contribution in [0.2, 0.25) is 5.02 Å². The second-order valence-corrected chi connectivity index (χ2v) is 6.57. The zero-order valence-corrected chi connectivity index (χ0v) is 15.4. The molecule has 24 heavy (non-hydrogen) atoms. The second-order valence-electron chi connectivity index (χ2n) is 6.14. The van der Waals surface area contributed by atoms with Crippen LogP contribution in [0, 0.1) is 13.8 Å². The first-order chi connectivity index (χ1) is 11.4. The first-order valence-corrected chi connectivity index (χ1v) is 8.57. The van der Waals surface area contributed by atoms with E-state index in [-0.39, 0.29) is 12.5 Å². The fourth-order valence-corrected chi connectivity index (χ4v) is 2.92. The van der Waals surface area contributed by atoms with Gasteiger partial charge in [-0.3, -0.25) is 4.79 Å². The summed E-state index contributed by atoms with van der Waals surface area (Å²) in [6, 6.07) is 11.6. The fraction of sp³-hybridized carbons (Fsp3) is 0.350. The largest absolute Gasteiger partial charge is 0.483 e. The number of halogens is 1. The number of benzene rings is 2. The Morgan fingerprint density at radius 1 is 1.17 bits per heavy atom. The lowest BCUT2D eigenvalue weighted by atomic mass is 9.99. The summed E-state index contributed by atoms with van der Waals surface area (Å²) < 4.78 is 5.67. The summed E-state index contributed by atoms with van der Waals surface area (Å²) in [6.45, 7) is 8.16. The SMILES string of the molecule is CC[C@@H](C)c1ccc(NC(=O)COc2c(C)cc(Cl)cc2C)cc1. The number of aryl methyl sites for hydroxylation is 2. The number of nitrogens with one attached hydrogen (secondary N) is 1. The fourth-order valence-electron chi connectivity index (χ4n) is 2.59. The van der Waals surface area contributed by atoms with Gasteiger partial charge in [0.25, 0.3) is 5.91 Å². The Bertz CT molecular complexity index is 687. The van der Waals surface area contributed by atoms with Crippen molar-refractivity contribution >= 4 is 23.2 Å². The van der Waals surface area contributed by atoms with Crippen LogP contribution < -0.4 is 10.1 Å². The van der Waals surface area contributed by atoms with E-state index in [4.69, 9.17) is 16.3 Å². The van der Waals surface area contributed by atoms with Crippen molar-refractivity contribution in [1.82, 2.24) is 0 Å². The Labute approximate surface area is 149 Å². The lowest BCUT2D eigenvalue weighted by molar-refractivity contribution is -0.118. The number of rotatable bonds is 6.